The lowest BCUT2D eigenvalue weighted by Gasteiger charge is -2.10. The Labute approximate surface area is 71.1 Å². The van der Waals surface area contributed by atoms with Gasteiger partial charge < -0.3 is 4.90 Å². The van der Waals surface area contributed by atoms with E-state index in [4.69, 9.17) is 0 Å². The number of carbonyl (C=O) groups excluding carboxylic acids is 1. The maximum Gasteiger partial charge on any atom is 0.149 e. The summed E-state index contributed by atoms with van der Waals surface area (Å²) in [5.74, 6) is 1.15. The smallest absolute Gasteiger partial charge is 0.149 e. The summed E-state index contributed by atoms with van der Waals surface area (Å²) in [6.45, 7) is 2.17. The highest BCUT2D eigenvalue weighted by atomic mass is 35.5. The molecule has 0 spiro atoms. The van der Waals surface area contributed by atoms with E-state index in [9.17, 15) is 4.79 Å². The Morgan fingerprint density at radius 3 is 2.90 bits per heavy atom. The van der Waals surface area contributed by atoms with Gasteiger partial charge in [-0.05, 0) is 12.3 Å². The van der Waals surface area contributed by atoms with Crippen LogP contribution in [-0.2, 0) is 4.79 Å². The second-order valence-electron chi connectivity index (χ2n) is 2.03. The highest BCUT2D eigenvalue weighted by molar-refractivity contribution is 8.02. The summed E-state index contributed by atoms with van der Waals surface area (Å²) in [4.78, 5) is 12.5. The maximum absolute atomic E-state index is 10.5. The topological polar surface area (TPSA) is 20.3 Å². The first-order chi connectivity index (χ1) is 4.29. The van der Waals surface area contributed by atoms with E-state index in [1.165, 1.54) is 0 Å². The van der Waals surface area contributed by atoms with Gasteiger partial charge in [-0.3, -0.25) is 4.79 Å². The zero-order chi connectivity index (χ0) is 6.69. The third-order valence-corrected chi connectivity index (χ3v) is 1.83. The van der Waals surface area contributed by atoms with Crippen LogP contribution in [0, 0.1) is 0 Å². The lowest BCUT2D eigenvalue weighted by Crippen LogP contribution is -2.20. The molecule has 4 heteroatoms. The van der Waals surface area contributed by atoms with Crippen LogP contribution in [0.3, 0.4) is 0 Å². The van der Waals surface area contributed by atoms with Crippen LogP contribution in [0.2, 0.25) is 0 Å². The quantitative estimate of drug-likeness (QED) is 0.641. The van der Waals surface area contributed by atoms with Crippen LogP contribution >= 0.6 is 24.2 Å². The summed E-state index contributed by atoms with van der Waals surface area (Å²) in [7, 11) is 0. The third kappa shape index (κ3) is 3.13. The number of Topliss-reactive ketones (excluding diaryl/α,β-unsaturated/α-hetero) is 1. The van der Waals surface area contributed by atoms with E-state index < -0.39 is 0 Å². The molecule has 1 rings (SSSR count). The molecule has 0 fully saturated rings. The molecule has 0 radical (unpaired) electrons. The molecule has 2 nitrogen and oxygen atoms in total. The van der Waals surface area contributed by atoms with Crippen molar-refractivity contribution in [2.75, 3.05) is 12.4 Å². The van der Waals surface area contributed by atoms with Crippen molar-refractivity contribution in [3.63, 3.8) is 0 Å². The number of nitrogens with zero attached hydrogens (tertiary/aromatic N) is 1. The van der Waals surface area contributed by atoms with Crippen LogP contribution < -0.4 is 0 Å². The van der Waals surface area contributed by atoms with E-state index >= 15 is 0 Å². The van der Waals surface area contributed by atoms with Crippen molar-refractivity contribution in [2.45, 2.75) is 6.92 Å². The van der Waals surface area contributed by atoms with Crippen molar-refractivity contribution in [2.24, 2.45) is 0 Å². The van der Waals surface area contributed by atoms with Crippen LogP contribution in [0.4, 0.5) is 0 Å². The van der Waals surface area contributed by atoms with Gasteiger partial charge in [0.1, 0.15) is 5.78 Å². The minimum absolute atomic E-state index is 0. The lowest BCUT2D eigenvalue weighted by molar-refractivity contribution is -0.117. The van der Waals surface area contributed by atoms with E-state index in [-0.39, 0.29) is 18.2 Å². The summed E-state index contributed by atoms with van der Waals surface area (Å²) in [5.41, 5.74) is 0. The molecule has 0 N–H and O–H groups in total. The van der Waals surface area contributed by atoms with E-state index in [0.29, 0.717) is 6.54 Å². The SMILES string of the molecule is CC(=O)CN1C=CSC1.Cl. The van der Waals surface area contributed by atoms with Gasteiger partial charge in [0, 0.05) is 6.20 Å². The Morgan fingerprint density at radius 1 is 1.80 bits per heavy atom. The molecule has 0 bridgehead atoms. The molecule has 58 valence electrons. The Hall–Kier alpha value is -0.150. The molecule has 1 heterocycles. The summed E-state index contributed by atoms with van der Waals surface area (Å²) in [5, 5.41) is 2.00. The molecule has 0 aromatic carbocycles. The first-order valence-electron chi connectivity index (χ1n) is 2.81. The van der Waals surface area contributed by atoms with Crippen LogP contribution in [0.15, 0.2) is 11.6 Å². The van der Waals surface area contributed by atoms with E-state index in [1.807, 2.05) is 16.5 Å². The minimum atomic E-state index is 0. The molecule has 0 aromatic rings. The molecule has 0 aromatic heterocycles. The molecule has 1 aliphatic rings. The number of carbonyl (C=O) groups is 1. The maximum atomic E-state index is 10.5. The fraction of sp³-hybridized carbons (Fsp3) is 0.500. The average Bonchev–Trinajstić information content (AvgIpc) is 2.15. The first kappa shape index (κ1) is 9.85. The van der Waals surface area contributed by atoms with Crippen molar-refractivity contribution in [1.82, 2.24) is 4.90 Å². The summed E-state index contributed by atoms with van der Waals surface area (Å²) >= 11 is 1.72. The molecule has 10 heavy (non-hydrogen) atoms. The summed E-state index contributed by atoms with van der Waals surface area (Å²) < 4.78 is 0. The molecule has 0 aliphatic carbocycles. The number of ketones is 1. The number of hydrogen-bond acceptors (Lipinski definition) is 3. The van der Waals surface area contributed by atoms with Gasteiger partial charge in [-0.25, -0.2) is 0 Å². The normalized spacial score (nSPS) is 15.1. The number of hydrogen-bond donors (Lipinski definition) is 0. The largest absolute Gasteiger partial charge is 0.360 e. The van der Waals surface area contributed by atoms with Crippen molar-refractivity contribution in [1.29, 1.82) is 0 Å². The van der Waals surface area contributed by atoms with Gasteiger partial charge in [-0.1, -0.05) is 0 Å². The third-order valence-electron chi connectivity index (χ3n) is 1.03. The first-order valence-corrected chi connectivity index (χ1v) is 3.85. The molecule has 0 saturated carbocycles. The molecular formula is C6H10ClNOS. The van der Waals surface area contributed by atoms with Gasteiger partial charge in [-0.2, -0.15) is 0 Å². The van der Waals surface area contributed by atoms with E-state index in [2.05, 4.69) is 0 Å². The van der Waals surface area contributed by atoms with Gasteiger partial charge in [0.05, 0.1) is 12.4 Å². The monoisotopic (exact) mass is 179 g/mol. The second kappa shape index (κ2) is 4.63. The van der Waals surface area contributed by atoms with Crippen molar-refractivity contribution < 1.29 is 4.79 Å². The van der Waals surface area contributed by atoms with Crippen molar-refractivity contribution >= 4 is 30.0 Å². The second-order valence-corrected chi connectivity index (χ2v) is 2.89. The Balaban J connectivity index is 0.000000810. The molecule has 0 amide bonds. The number of rotatable bonds is 2. The highest BCUT2D eigenvalue weighted by Gasteiger charge is 2.05. The van der Waals surface area contributed by atoms with Crippen LogP contribution in [0.5, 0.6) is 0 Å². The Bertz CT molecular complexity index is 149. The predicted molar refractivity (Wildman–Crippen MR) is 46.2 cm³/mol. The highest BCUT2D eigenvalue weighted by Crippen LogP contribution is 2.13. The average molecular weight is 180 g/mol. The zero-order valence-electron chi connectivity index (χ0n) is 5.74. The Kier molecular flexibility index (Phi) is 4.56. The van der Waals surface area contributed by atoms with Crippen LogP contribution in [-0.4, -0.2) is 23.1 Å². The number of thioether (sulfide) groups is 1. The Morgan fingerprint density at radius 2 is 2.50 bits per heavy atom. The predicted octanol–water partition coefficient (Wildman–Crippen LogP) is 1.47. The molecular weight excluding hydrogens is 170 g/mol. The standard InChI is InChI=1S/C6H9NOS.ClH/c1-6(8)4-7-2-3-9-5-7;/h2-3H,4-5H2,1H3;1H. The van der Waals surface area contributed by atoms with Gasteiger partial charge in [0.25, 0.3) is 0 Å². The van der Waals surface area contributed by atoms with Crippen LogP contribution in [0.25, 0.3) is 0 Å². The fourth-order valence-corrected chi connectivity index (χ4v) is 1.41. The van der Waals surface area contributed by atoms with Gasteiger partial charge in [0.2, 0.25) is 0 Å². The molecule has 0 unspecified atom stereocenters. The van der Waals surface area contributed by atoms with Gasteiger partial charge in [-0.15, -0.1) is 24.2 Å². The fourth-order valence-electron chi connectivity index (χ4n) is 0.695. The summed E-state index contributed by atoms with van der Waals surface area (Å²) in [6.07, 6.45) is 1.95. The van der Waals surface area contributed by atoms with Gasteiger partial charge >= 0.3 is 0 Å². The van der Waals surface area contributed by atoms with E-state index in [0.717, 1.165) is 5.88 Å². The lowest BCUT2D eigenvalue weighted by atomic mass is 10.4. The molecule has 1 aliphatic heterocycles. The zero-order valence-corrected chi connectivity index (χ0v) is 7.37. The summed E-state index contributed by atoms with van der Waals surface area (Å²) in [6, 6.07) is 0. The van der Waals surface area contributed by atoms with Crippen molar-refractivity contribution in [3.05, 3.63) is 11.6 Å². The van der Waals surface area contributed by atoms with Crippen molar-refractivity contribution in [3.8, 4) is 0 Å². The minimum Gasteiger partial charge on any atom is -0.360 e. The molecule has 0 atom stereocenters. The van der Waals surface area contributed by atoms with Crippen LogP contribution in [0.1, 0.15) is 6.92 Å². The van der Waals surface area contributed by atoms with E-state index in [1.54, 1.807) is 18.7 Å². The van der Waals surface area contributed by atoms with Gasteiger partial charge in [0.15, 0.2) is 0 Å². The molecule has 0 saturated heterocycles. The number of halogens is 1.